The van der Waals surface area contributed by atoms with Crippen molar-refractivity contribution in [2.75, 3.05) is 5.32 Å². The predicted octanol–water partition coefficient (Wildman–Crippen LogP) is 2.06. The number of carbonyl (C=O) groups is 1. The van der Waals surface area contributed by atoms with E-state index in [0.29, 0.717) is 5.92 Å². The Balaban J connectivity index is 2.07. The molecule has 0 saturated heterocycles. The van der Waals surface area contributed by atoms with Crippen LogP contribution in [0.15, 0.2) is 24.3 Å². The molecule has 1 unspecified atom stereocenters. The Bertz CT molecular complexity index is 408. The van der Waals surface area contributed by atoms with Gasteiger partial charge in [0.1, 0.15) is 0 Å². The van der Waals surface area contributed by atoms with Gasteiger partial charge in [-0.15, -0.1) is 0 Å². The zero-order chi connectivity index (χ0) is 11.8. The van der Waals surface area contributed by atoms with Gasteiger partial charge in [0.25, 0.3) is 0 Å². The van der Waals surface area contributed by atoms with Gasteiger partial charge in [-0.05, 0) is 50.3 Å². The van der Waals surface area contributed by atoms with E-state index in [0.717, 1.165) is 24.1 Å². The van der Waals surface area contributed by atoms with Crippen LogP contribution in [0, 0.1) is 12.8 Å². The second kappa shape index (κ2) is 3.91. The number of rotatable bonds is 3. The molecule has 3 N–H and O–H groups in total. The molecule has 0 aromatic heterocycles. The molecule has 1 aliphatic rings. The van der Waals surface area contributed by atoms with E-state index in [-0.39, 0.29) is 5.91 Å². The number of nitrogens with one attached hydrogen (secondary N) is 1. The zero-order valence-electron chi connectivity index (χ0n) is 9.79. The van der Waals surface area contributed by atoms with E-state index in [9.17, 15) is 4.79 Å². The van der Waals surface area contributed by atoms with Crippen LogP contribution >= 0.6 is 0 Å². The molecule has 1 atom stereocenters. The summed E-state index contributed by atoms with van der Waals surface area (Å²) in [5.74, 6) is 0.262. The molecule has 0 aliphatic heterocycles. The van der Waals surface area contributed by atoms with Crippen molar-refractivity contribution in [3.8, 4) is 0 Å². The second-order valence-corrected chi connectivity index (χ2v) is 4.88. The topological polar surface area (TPSA) is 55.1 Å². The molecule has 0 radical (unpaired) electrons. The fourth-order valence-electron chi connectivity index (χ4n) is 1.86. The third-order valence-corrected chi connectivity index (χ3v) is 3.19. The van der Waals surface area contributed by atoms with Crippen LogP contribution in [0.3, 0.4) is 0 Å². The maximum Gasteiger partial charge on any atom is 0.244 e. The molecule has 0 spiro atoms. The van der Waals surface area contributed by atoms with Crippen molar-refractivity contribution in [3.63, 3.8) is 0 Å². The number of hydrogen-bond donors (Lipinski definition) is 2. The van der Waals surface area contributed by atoms with Crippen LogP contribution in [-0.4, -0.2) is 11.4 Å². The molecule has 3 nitrogen and oxygen atoms in total. The zero-order valence-corrected chi connectivity index (χ0v) is 9.79. The highest BCUT2D eigenvalue weighted by molar-refractivity contribution is 5.98. The van der Waals surface area contributed by atoms with Gasteiger partial charge in [0.05, 0.1) is 5.54 Å². The number of benzene rings is 1. The van der Waals surface area contributed by atoms with Crippen LogP contribution in [-0.2, 0) is 4.79 Å². The van der Waals surface area contributed by atoms with Gasteiger partial charge in [0, 0.05) is 5.69 Å². The fourth-order valence-corrected chi connectivity index (χ4v) is 1.86. The van der Waals surface area contributed by atoms with E-state index in [2.05, 4.69) is 5.32 Å². The number of amides is 1. The smallest absolute Gasteiger partial charge is 0.244 e. The first-order valence-corrected chi connectivity index (χ1v) is 5.67. The molecule has 1 aliphatic carbocycles. The predicted molar refractivity (Wildman–Crippen MR) is 65.1 cm³/mol. The van der Waals surface area contributed by atoms with Crippen molar-refractivity contribution in [3.05, 3.63) is 29.8 Å². The van der Waals surface area contributed by atoms with Crippen molar-refractivity contribution >= 4 is 11.6 Å². The Kier molecular flexibility index (Phi) is 2.72. The van der Waals surface area contributed by atoms with Gasteiger partial charge in [0.15, 0.2) is 0 Å². The third kappa shape index (κ3) is 2.25. The first-order chi connectivity index (χ1) is 7.50. The van der Waals surface area contributed by atoms with Crippen molar-refractivity contribution in [1.29, 1.82) is 0 Å². The van der Waals surface area contributed by atoms with Gasteiger partial charge in [-0.2, -0.15) is 0 Å². The molecular formula is C13H18N2O. The van der Waals surface area contributed by atoms with Crippen LogP contribution in [0.4, 0.5) is 5.69 Å². The molecule has 1 fully saturated rings. The number of hydrogen-bond acceptors (Lipinski definition) is 2. The summed E-state index contributed by atoms with van der Waals surface area (Å²) in [6.07, 6.45) is 2.13. The maximum absolute atomic E-state index is 12.0. The van der Waals surface area contributed by atoms with Crippen LogP contribution < -0.4 is 11.1 Å². The van der Waals surface area contributed by atoms with Crippen LogP contribution in [0.25, 0.3) is 0 Å². The largest absolute Gasteiger partial charge is 0.324 e. The summed E-state index contributed by atoms with van der Waals surface area (Å²) in [6.45, 7) is 3.81. The van der Waals surface area contributed by atoms with Crippen molar-refractivity contribution in [2.45, 2.75) is 32.2 Å². The highest BCUT2D eigenvalue weighted by Gasteiger charge is 2.44. The quantitative estimate of drug-likeness (QED) is 0.816. The highest BCUT2D eigenvalue weighted by Crippen LogP contribution is 2.38. The van der Waals surface area contributed by atoms with E-state index < -0.39 is 5.54 Å². The minimum Gasteiger partial charge on any atom is -0.324 e. The first kappa shape index (κ1) is 11.1. The number of nitrogens with two attached hydrogens (primary N) is 1. The molecule has 2 rings (SSSR count). The fraction of sp³-hybridized carbons (Fsp3) is 0.462. The average Bonchev–Trinajstić information content (AvgIpc) is 3.00. The Hall–Kier alpha value is -1.35. The van der Waals surface area contributed by atoms with E-state index in [4.69, 9.17) is 5.73 Å². The summed E-state index contributed by atoms with van der Waals surface area (Å²) in [6, 6.07) is 7.75. The van der Waals surface area contributed by atoms with Gasteiger partial charge in [-0.1, -0.05) is 12.1 Å². The second-order valence-electron chi connectivity index (χ2n) is 4.88. The van der Waals surface area contributed by atoms with Crippen LogP contribution in [0.2, 0.25) is 0 Å². The van der Waals surface area contributed by atoms with E-state index in [1.54, 1.807) is 0 Å². The number of aryl methyl sites for hydroxylation is 1. The van der Waals surface area contributed by atoms with E-state index in [1.807, 2.05) is 38.1 Å². The lowest BCUT2D eigenvalue weighted by Crippen LogP contribution is -2.50. The highest BCUT2D eigenvalue weighted by atomic mass is 16.2. The van der Waals surface area contributed by atoms with Crippen molar-refractivity contribution < 1.29 is 4.79 Å². The lowest BCUT2D eigenvalue weighted by Gasteiger charge is -2.23. The van der Waals surface area contributed by atoms with Crippen LogP contribution in [0.5, 0.6) is 0 Å². The van der Waals surface area contributed by atoms with Gasteiger partial charge in [0.2, 0.25) is 5.91 Å². The molecule has 3 heteroatoms. The minimum atomic E-state index is -0.732. The van der Waals surface area contributed by atoms with Crippen LogP contribution in [0.1, 0.15) is 25.3 Å². The third-order valence-electron chi connectivity index (χ3n) is 3.19. The molecule has 16 heavy (non-hydrogen) atoms. The van der Waals surface area contributed by atoms with E-state index in [1.165, 1.54) is 0 Å². The molecule has 1 aromatic carbocycles. The Morgan fingerprint density at radius 1 is 1.50 bits per heavy atom. The summed E-state index contributed by atoms with van der Waals surface area (Å²) < 4.78 is 0. The molecule has 1 saturated carbocycles. The summed E-state index contributed by atoms with van der Waals surface area (Å²) >= 11 is 0. The molecule has 0 bridgehead atoms. The summed E-state index contributed by atoms with van der Waals surface area (Å²) in [5.41, 5.74) is 7.26. The molecule has 1 amide bonds. The lowest BCUT2D eigenvalue weighted by molar-refractivity contribution is -0.121. The van der Waals surface area contributed by atoms with Crippen molar-refractivity contribution in [1.82, 2.24) is 0 Å². The monoisotopic (exact) mass is 218 g/mol. The maximum atomic E-state index is 12.0. The van der Waals surface area contributed by atoms with Gasteiger partial charge >= 0.3 is 0 Å². The first-order valence-electron chi connectivity index (χ1n) is 5.67. The molecular weight excluding hydrogens is 200 g/mol. The summed E-state index contributed by atoms with van der Waals surface area (Å²) in [7, 11) is 0. The summed E-state index contributed by atoms with van der Waals surface area (Å²) in [4.78, 5) is 12.0. The summed E-state index contributed by atoms with van der Waals surface area (Å²) in [5, 5.41) is 2.88. The minimum absolute atomic E-state index is 0.0828. The Morgan fingerprint density at radius 2 is 2.19 bits per heavy atom. The van der Waals surface area contributed by atoms with Gasteiger partial charge in [-0.3, -0.25) is 4.79 Å². The number of carbonyl (C=O) groups excluding carboxylic acids is 1. The normalized spacial score (nSPS) is 18.9. The van der Waals surface area contributed by atoms with Gasteiger partial charge < -0.3 is 11.1 Å². The van der Waals surface area contributed by atoms with E-state index >= 15 is 0 Å². The molecule has 86 valence electrons. The van der Waals surface area contributed by atoms with Crippen molar-refractivity contribution in [2.24, 2.45) is 11.7 Å². The molecule has 0 heterocycles. The Labute approximate surface area is 96.0 Å². The Morgan fingerprint density at radius 3 is 2.75 bits per heavy atom. The standard InChI is InChI=1S/C13H18N2O/c1-9-4-3-5-11(8-9)15-12(16)13(2,14)10-6-7-10/h3-5,8,10H,6-7,14H2,1-2H3,(H,15,16). The number of anilines is 1. The molecule has 1 aromatic rings. The lowest BCUT2D eigenvalue weighted by atomic mass is 9.96. The SMILES string of the molecule is Cc1cccc(NC(=O)C(C)(N)C2CC2)c1. The average molecular weight is 218 g/mol. The van der Waals surface area contributed by atoms with Gasteiger partial charge in [-0.25, -0.2) is 0 Å².